The van der Waals surface area contributed by atoms with E-state index in [0.29, 0.717) is 40.4 Å². The van der Waals surface area contributed by atoms with Crippen LogP contribution < -0.4 is 10.6 Å². The molecule has 7 nitrogen and oxygen atoms in total. The number of nitrogens with zero attached hydrogens (tertiary/aromatic N) is 2. The first-order chi connectivity index (χ1) is 15.0. The minimum absolute atomic E-state index is 0.314. The topological polar surface area (TPSA) is 92.6 Å². The standard InChI is InChI=1S/C23H17ClN4O3/c24-16-6-4-15(5-7-16)11-18-12-19(20-3-1-2-10-28(18)20)22(30)23(31)27-17-8-9-21(25-13-17)26-14-29/h1-10,12-14H,11H2,(H,27,31)(H,25,26,29). The van der Waals surface area contributed by atoms with Crippen LogP contribution in [0.2, 0.25) is 5.02 Å². The van der Waals surface area contributed by atoms with Crippen LogP contribution in [0.3, 0.4) is 0 Å². The van der Waals surface area contributed by atoms with Crippen molar-refractivity contribution in [1.82, 2.24) is 9.38 Å². The maximum absolute atomic E-state index is 12.9. The number of nitrogens with one attached hydrogen (secondary N) is 2. The van der Waals surface area contributed by atoms with E-state index in [4.69, 9.17) is 11.6 Å². The Morgan fingerprint density at radius 3 is 2.58 bits per heavy atom. The quantitative estimate of drug-likeness (QED) is 0.262. The Bertz CT molecular complexity index is 1260. The van der Waals surface area contributed by atoms with E-state index >= 15 is 0 Å². The average Bonchev–Trinajstić information content (AvgIpc) is 3.15. The van der Waals surface area contributed by atoms with Gasteiger partial charge < -0.3 is 15.0 Å². The highest BCUT2D eigenvalue weighted by atomic mass is 35.5. The van der Waals surface area contributed by atoms with Gasteiger partial charge in [0.2, 0.25) is 6.41 Å². The molecule has 8 heteroatoms. The van der Waals surface area contributed by atoms with Gasteiger partial charge in [-0.1, -0.05) is 29.8 Å². The highest BCUT2D eigenvalue weighted by molar-refractivity contribution is 6.47. The summed E-state index contributed by atoms with van der Waals surface area (Å²) in [5.41, 5.74) is 3.22. The SMILES string of the molecule is O=CNc1ccc(NC(=O)C(=O)c2cc(Cc3ccc(Cl)cc3)n3ccccc23)cn1. The molecule has 0 aliphatic heterocycles. The Kier molecular flexibility index (Phi) is 5.77. The van der Waals surface area contributed by atoms with Gasteiger partial charge >= 0.3 is 0 Å². The van der Waals surface area contributed by atoms with Crippen LogP contribution in [0.5, 0.6) is 0 Å². The van der Waals surface area contributed by atoms with Crippen LogP contribution in [0.25, 0.3) is 5.52 Å². The van der Waals surface area contributed by atoms with E-state index in [1.54, 1.807) is 18.2 Å². The van der Waals surface area contributed by atoms with Crippen molar-refractivity contribution in [1.29, 1.82) is 0 Å². The summed E-state index contributed by atoms with van der Waals surface area (Å²) in [5.74, 6) is -1.09. The number of hydrogen-bond acceptors (Lipinski definition) is 4. The number of ketones is 1. The van der Waals surface area contributed by atoms with Crippen molar-refractivity contribution in [3.05, 3.63) is 94.9 Å². The lowest BCUT2D eigenvalue weighted by molar-refractivity contribution is -0.112. The number of benzene rings is 1. The second kappa shape index (κ2) is 8.81. The largest absolute Gasteiger partial charge is 0.320 e. The van der Waals surface area contributed by atoms with E-state index in [9.17, 15) is 14.4 Å². The monoisotopic (exact) mass is 432 g/mol. The third-order valence-corrected chi connectivity index (χ3v) is 4.99. The number of rotatable bonds is 7. The summed E-state index contributed by atoms with van der Waals surface area (Å²) in [6, 6.07) is 17.8. The molecule has 0 saturated carbocycles. The molecule has 0 radical (unpaired) electrons. The summed E-state index contributed by atoms with van der Waals surface area (Å²) < 4.78 is 1.90. The number of aromatic nitrogens is 2. The van der Waals surface area contributed by atoms with E-state index in [1.165, 1.54) is 12.3 Å². The molecule has 31 heavy (non-hydrogen) atoms. The summed E-state index contributed by atoms with van der Waals surface area (Å²) in [5, 5.41) is 5.60. The molecule has 154 valence electrons. The number of anilines is 2. The zero-order chi connectivity index (χ0) is 21.8. The zero-order valence-corrected chi connectivity index (χ0v) is 17.0. The molecule has 1 aromatic carbocycles. The van der Waals surface area contributed by atoms with Crippen molar-refractivity contribution in [2.75, 3.05) is 10.6 Å². The highest BCUT2D eigenvalue weighted by Crippen LogP contribution is 2.22. The van der Waals surface area contributed by atoms with Crippen molar-refractivity contribution in [3.8, 4) is 0 Å². The second-order valence-corrected chi connectivity index (χ2v) is 7.22. The van der Waals surface area contributed by atoms with Gasteiger partial charge in [-0.3, -0.25) is 14.4 Å². The van der Waals surface area contributed by atoms with E-state index in [1.807, 2.05) is 47.0 Å². The Morgan fingerprint density at radius 1 is 1.06 bits per heavy atom. The predicted molar refractivity (Wildman–Crippen MR) is 119 cm³/mol. The van der Waals surface area contributed by atoms with Crippen molar-refractivity contribution in [3.63, 3.8) is 0 Å². The third-order valence-electron chi connectivity index (χ3n) is 4.73. The Morgan fingerprint density at radius 2 is 1.87 bits per heavy atom. The van der Waals surface area contributed by atoms with Gasteiger partial charge in [0.1, 0.15) is 5.82 Å². The zero-order valence-electron chi connectivity index (χ0n) is 16.2. The lowest BCUT2D eigenvalue weighted by Crippen LogP contribution is -2.22. The number of carbonyl (C=O) groups excluding carboxylic acids is 3. The van der Waals surface area contributed by atoms with Crippen molar-refractivity contribution < 1.29 is 14.4 Å². The van der Waals surface area contributed by atoms with E-state index in [-0.39, 0.29) is 0 Å². The fourth-order valence-electron chi connectivity index (χ4n) is 3.28. The molecule has 0 bridgehead atoms. The van der Waals surface area contributed by atoms with Crippen LogP contribution in [-0.2, 0) is 16.0 Å². The number of hydrogen-bond donors (Lipinski definition) is 2. The van der Waals surface area contributed by atoms with Gasteiger partial charge in [0.05, 0.1) is 23.0 Å². The molecular formula is C23H17ClN4O3. The molecule has 3 heterocycles. The van der Waals surface area contributed by atoms with Crippen LogP contribution in [0.15, 0.2) is 73.1 Å². The summed E-state index contributed by atoms with van der Waals surface area (Å²) in [4.78, 5) is 39.9. The van der Waals surface area contributed by atoms with Crippen molar-refractivity contribution in [2.24, 2.45) is 0 Å². The first-order valence-electron chi connectivity index (χ1n) is 9.40. The van der Waals surface area contributed by atoms with Gasteiger partial charge in [0.15, 0.2) is 0 Å². The van der Waals surface area contributed by atoms with Crippen molar-refractivity contribution >= 4 is 46.7 Å². The van der Waals surface area contributed by atoms with Crippen LogP contribution in [0, 0.1) is 0 Å². The molecule has 0 saturated heterocycles. The fraction of sp³-hybridized carbons (Fsp3) is 0.0435. The smallest absolute Gasteiger partial charge is 0.296 e. The number of fused-ring (bicyclic) bond motifs is 1. The van der Waals surface area contributed by atoms with E-state index < -0.39 is 11.7 Å². The average molecular weight is 433 g/mol. The van der Waals surface area contributed by atoms with E-state index in [2.05, 4.69) is 15.6 Å². The van der Waals surface area contributed by atoms with Crippen LogP contribution in [0.1, 0.15) is 21.6 Å². The summed E-state index contributed by atoms with van der Waals surface area (Å²) in [6.45, 7) is 0. The first kappa shape index (κ1) is 20.3. The Hall–Kier alpha value is -3.97. The van der Waals surface area contributed by atoms with Gasteiger partial charge in [-0.15, -0.1) is 0 Å². The van der Waals surface area contributed by atoms with Gasteiger partial charge in [-0.2, -0.15) is 0 Å². The molecule has 0 aliphatic rings. The predicted octanol–water partition coefficient (Wildman–Crippen LogP) is 3.97. The number of carbonyl (C=O) groups is 3. The molecule has 4 rings (SSSR count). The van der Waals surface area contributed by atoms with Gasteiger partial charge in [-0.05, 0) is 48.0 Å². The fourth-order valence-corrected chi connectivity index (χ4v) is 3.40. The van der Waals surface area contributed by atoms with Gasteiger partial charge in [-0.25, -0.2) is 4.98 Å². The van der Waals surface area contributed by atoms with Gasteiger partial charge in [0, 0.05) is 23.3 Å². The minimum atomic E-state index is -0.771. The summed E-state index contributed by atoms with van der Waals surface area (Å²) >= 11 is 5.96. The lowest BCUT2D eigenvalue weighted by Gasteiger charge is -2.05. The lowest BCUT2D eigenvalue weighted by atomic mass is 10.1. The molecule has 0 unspecified atom stereocenters. The van der Waals surface area contributed by atoms with E-state index in [0.717, 1.165) is 11.3 Å². The molecule has 0 spiro atoms. The first-order valence-corrected chi connectivity index (χ1v) is 9.78. The minimum Gasteiger partial charge on any atom is -0.320 e. The molecule has 2 N–H and O–H groups in total. The Labute approximate surface area is 182 Å². The van der Waals surface area contributed by atoms with Crippen molar-refractivity contribution in [2.45, 2.75) is 6.42 Å². The van der Waals surface area contributed by atoms with Crippen LogP contribution in [0.4, 0.5) is 11.5 Å². The van der Waals surface area contributed by atoms with Crippen LogP contribution in [-0.4, -0.2) is 27.5 Å². The summed E-state index contributed by atoms with van der Waals surface area (Å²) in [7, 11) is 0. The number of pyridine rings is 2. The molecular weight excluding hydrogens is 416 g/mol. The Balaban J connectivity index is 1.59. The number of Topliss-reactive ketones (excluding diaryl/α,β-unsaturated/α-hetero) is 1. The molecule has 2 amide bonds. The summed E-state index contributed by atoms with van der Waals surface area (Å²) in [6.07, 6.45) is 4.30. The third kappa shape index (κ3) is 4.46. The molecule has 4 aromatic rings. The normalized spacial score (nSPS) is 10.6. The number of amides is 2. The van der Waals surface area contributed by atoms with Gasteiger partial charge in [0.25, 0.3) is 11.7 Å². The molecule has 0 aliphatic carbocycles. The maximum atomic E-state index is 12.9. The molecule has 0 atom stereocenters. The maximum Gasteiger partial charge on any atom is 0.296 e. The molecule has 0 fully saturated rings. The van der Waals surface area contributed by atoms with Crippen LogP contribution >= 0.6 is 11.6 Å². The highest BCUT2D eigenvalue weighted by Gasteiger charge is 2.22. The molecule has 3 aromatic heterocycles. The second-order valence-electron chi connectivity index (χ2n) is 6.79. The number of halogens is 1.